The first kappa shape index (κ1) is 23.2. The molecule has 3 amide bonds. The van der Waals surface area contributed by atoms with Crippen LogP contribution in [0.15, 0.2) is 42.5 Å². The zero-order valence-corrected chi connectivity index (χ0v) is 20.7. The number of aromatic hydroxyl groups is 1. The number of aromatic nitrogens is 1. The number of amides is 3. The summed E-state index contributed by atoms with van der Waals surface area (Å²) in [5, 5.41) is 11.3. The van der Waals surface area contributed by atoms with Crippen molar-refractivity contribution in [1.82, 2.24) is 19.7 Å². The molecule has 8 nitrogen and oxygen atoms in total. The van der Waals surface area contributed by atoms with Crippen LogP contribution in [-0.2, 0) is 11.2 Å². The number of methoxy groups -OCH3 is 1. The molecule has 3 aromatic rings. The first-order chi connectivity index (χ1) is 16.8. The van der Waals surface area contributed by atoms with E-state index < -0.39 is 11.6 Å². The van der Waals surface area contributed by atoms with Crippen LogP contribution >= 0.6 is 0 Å². The van der Waals surface area contributed by atoms with Crippen LogP contribution in [0.5, 0.6) is 11.5 Å². The van der Waals surface area contributed by atoms with Crippen molar-refractivity contribution in [3.05, 3.63) is 59.3 Å². The third kappa shape index (κ3) is 3.55. The average Bonchev–Trinajstić information content (AvgIpc) is 3.30. The largest absolute Gasteiger partial charge is 0.508 e. The minimum Gasteiger partial charge on any atom is -0.508 e. The van der Waals surface area contributed by atoms with E-state index in [-0.39, 0.29) is 17.7 Å². The highest BCUT2D eigenvalue weighted by Crippen LogP contribution is 2.50. The van der Waals surface area contributed by atoms with Gasteiger partial charge < -0.3 is 19.7 Å². The predicted molar refractivity (Wildman–Crippen MR) is 134 cm³/mol. The van der Waals surface area contributed by atoms with Crippen molar-refractivity contribution in [2.75, 3.05) is 34.3 Å². The molecule has 1 aromatic heterocycles. The number of phenols is 1. The van der Waals surface area contributed by atoms with Crippen molar-refractivity contribution < 1.29 is 19.4 Å². The summed E-state index contributed by atoms with van der Waals surface area (Å²) in [6.07, 6.45) is 1.63. The van der Waals surface area contributed by atoms with Gasteiger partial charge in [0, 0.05) is 29.6 Å². The second-order valence-electron chi connectivity index (χ2n) is 9.75. The molecule has 35 heavy (non-hydrogen) atoms. The lowest BCUT2D eigenvalue weighted by atomic mass is 9.78. The van der Waals surface area contributed by atoms with Gasteiger partial charge in [-0.15, -0.1) is 0 Å². The van der Waals surface area contributed by atoms with Crippen LogP contribution in [0, 0.1) is 0 Å². The van der Waals surface area contributed by atoms with Crippen LogP contribution in [0.1, 0.15) is 42.6 Å². The Hall–Kier alpha value is -3.52. The molecule has 2 unspecified atom stereocenters. The average molecular weight is 477 g/mol. The predicted octanol–water partition coefficient (Wildman–Crippen LogP) is 3.89. The summed E-state index contributed by atoms with van der Waals surface area (Å²) in [6.45, 7) is 3.14. The van der Waals surface area contributed by atoms with Gasteiger partial charge in [0.05, 0.1) is 7.11 Å². The van der Waals surface area contributed by atoms with E-state index in [2.05, 4.69) is 4.98 Å². The lowest BCUT2D eigenvalue weighted by Gasteiger charge is -2.44. The number of carbonyl (C=O) groups is 2. The number of hydrogen-bond acceptors (Lipinski definition) is 5. The highest BCUT2D eigenvalue weighted by molar-refractivity contribution is 6.08. The van der Waals surface area contributed by atoms with Crippen molar-refractivity contribution in [2.45, 2.75) is 37.8 Å². The number of nitrogens with zero attached hydrogens (tertiary/aromatic N) is 3. The SMILES string of the molecule is CCC12Cc3c([nH]c4ccc(OC)cc34)C(c3cccc(O)c3)N1C(=O)N(CCCN(C)C)C2=O. The summed E-state index contributed by atoms with van der Waals surface area (Å²) >= 11 is 0. The Labute approximate surface area is 205 Å². The highest BCUT2D eigenvalue weighted by Gasteiger charge is 2.61. The molecule has 2 aliphatic heterocycles. The number of carbonyl (C=O) groups excluding carboxylic acids is 2. The fraction of sp³-hybridized carbons (Fsp3) is 0.407. The van der Waals surface area contributed by atoms with Gasteiger partial charge in [-0.25, -0.2) is 4.79 Å². The monoisotopic (exact) mass is 476 g/mol. The fourth-order valence-electron chi connectivity index (χ4n) is 5.69. The Morgan fingerprint density at radius 1 is 1.20 bits per heavy atom. The van der Waals surface area contributed by atoms with Gasteiger partial charge in [0.1, 0.15) is 23.1 Å². The summed E-state index contributed by atoms with van der Waals surface area (Å²) in [5.41, 5.74) is 2.59. The Morgan fingerprint density at radius 3 is 2.69 bits per heavy atom. The molecular formula is C27H32N4O4. The van der Waals surface area contributed by atoms with Crippen LogP contribution in [-0.4, -0.2) is 76.6 Å². The minimum absolute atomic E-state index is 0.121. The van der Waals surface area contributed by atoms with Crippen LogP contribution in [0.2, 0.25) is 0 Å². The third-order valence-electron chi connectivity index (χ3n) is 7.45. The summed E-state index contributed by atoms with van der Waals surface area (Å²) < 4.78 is 5.48. The van der Waals surface area contributed by atoms with E-state index in [0.717, 1.165) is 40.0 Å². The van der Waals surface area contributed by atoms with E-state index in [9.17, 15) is 14.7 Å². The molecule has 2 aliphatic rings. The maximum absolute atomic E-state index is 14.0. The van der Waals surface area contributed by atoms with Crippen LogP contribution in [0.4, 0.5) is 4.79 Å². The number of imide groups is 1. The molecule has 0 radical (unpaired) electrons. The number of rotatable bonds is 7. The van der Waals surface area contributed by atoms with E-state index in [0.29, 0.717) is 25.8 Å². The molecule has 5 rings (SSSR count). The third-order valence-corrected chi connectivity index (χ3v) is 7.45. The number of aromatic amines is 1. The molecule has 2 atom stereocenters. The Kier molecular flexibility index (Phi) is 5.71. The molecular weight excluding hydrogens is 444 g/mol. The number of phenolic OH excluding ortho intramolecular Hbond substituents is 1. The van der Waals surface area contributed by atoms with Crippen molar-refractivity contribution in [1.29, 1.82) is 0 Å². The zero-order valence-electron chi connectivity index (χ0n) is 20.7. The number of nitrogens with one attached hydrogen (secondary N) is 1. The maximum Gasteiger partial charge on any atom is 0.328 e. The van der Waals surface area contributed by atoms with Gasteiger partial charge in [-0.3, -0.25) is 14.6 Å². The first-order valence-corrected chi connectivity index (χ1v) is 12.1. The Morgan fingerprint density at radius 2 is 2.00 bits per heavy atom. The molecule has 8 heteroatoms. The summed E-state index contributed by atoms with van der Waals surface area (Å²) in [4.78, 5) is 36.7. The number of urea groups is 1. The van der Waals surface area contributed by atoms with Crippen LogP contribution in [0.25, 0.3) is 10.9 Å². The molecule has 0 saturated carbocycles. The van der Waals surface area contributed by atoms with Gasteiger partial charge in [-0.05, 0) is 74.9 Å². The molecule has 2 N–H and O–H groups in total. The number of fused-ring (bicyclic) bond motifs is 4. The number of hydrogen-bond donors (Lipinski definition) is 2. The van der Waals surface area contributed by atoms with Crippen LogP contribution in [0.3, 0.4) is 0 Å². The summed E-state index contributed by atoms with van der Waals surface area (Å²) in [6, 6.07) is 12.0. The standard InChI is InChI=1S/C27H32N4O4/c1-5-27-16-21-20-15-19(35-4)10-11-22(20)28-23(21)24(17-8-6-9-18(32)14-17)31(27)26(34)30(25(27)33)13-7-12-29(2)3/h6,8-11,14-15,24,28,32H,5,7,12-13,16H2,1-4H3. The zero-order chi connectivity index (χ0) is 24.9. The molecule has 1 saturated heterocycles. The van der Waals surface area contributed by atoms with Crippen LogP contribution < -0.4 is 4.74 Å². The minimum atomic E-state index is -0.990. The molecule has 0 bridgehead atoms. The second kappa shape index (κ2) is 8.61. The van der Waals surface area contributed by atoms with Gasteiger partial charge in [-0.1, -0.05) is 19.1 Å². The van der Waals surface area contributed by atoms with Gasteiger partial charge in [0.25, 0.3) is 5.91 Å². The quantitative estimate of drug-likeness (QED) is 0.505. The van der Waals surface area contributed by atoms with Gasteiger partial charge in [0.15, 0.2) is 0 Å². The normalized spacial score (nSPS) is 21.7. The molecule has 1 fully saturated rings. The number of ether oxygens (including phenoxy) is 1. The van der Waals surface area contributed by atoms with Gasteiger partial charge in [0.2, 0.25) is 0 Å². The lowest BCUT2D eigenvalue weighted by Crippen LogP contribution is -2.55. The Balaban J connectivity index is 1.69. The number of H-pyrrole nitrogens is 1. The van der Waals surface area contributed by atoms with E-state index >= 15 is 0 Å². The fourth-order valence-corrected chi connectivity index (χ4v) is 5.69. The van der Waals surface area contributed by atoms with Crippen molar-refractivity contribution in [2.24, 2.45) is 0 Å². The van der Waals surface area contributed by atoms with E-state index in [1.165, 1.54) is 4.90 Å². The van der Waals surface area contributed by atoms with E-state index in [1.807, 2.05) is 50.2 Å². The lowest BCUT2D eigenvalue weighted by molar-refractivity contribution is -0.134. The molecule has 0 aliphatic carbocycles. The molecule has 0 spiro atoms. The van der Waals surface area contributed by atoms with E-state index in [1.54, 1.807) is 30.2 Å². The van der Waals surface area contributed by atoms with E-state index in [4.69, 9.17) is 4.74 Å². The first-order valence-electron chi connectivity index (χ1n) is 12.1. The summed E-state index contributed by atoms with van der Waals surface area (Å²) in [7, 11) is 5.60. The molecule has 3 heterocycles. The van der Waals surface area contributed by atoms with Crippen molar-refractivity contribution in [3.63, 3.8) is 0 Å². The highest BCUT2D eigenvalue weighted by atomic mass is 16.5. The second-order valence-corrected chi connectivity index (χ2v) is 9.75. The smallest absolute Gasteiger partial charge is 0.328 e. The summed E-state index contributed by atoms with van der Waals surface area (Å²) in [5.74, 6) is 0.715. The molecule has 2 aromatic carbocycles. The van der Waals surface area contributed by atoms with Crippen molar-refractivity contribution in [3.8, 4) is 11.5 Å². The van der Waals surface area contributed by atoms with Crippen molar-refractivity contribution >= 4 is 22.8 Å². The van der Waals surface area contributed by atoms with Gasteiger partial charge >= 0.3 is 6.03 Å². The Bertz CT molecular complexity index is 1300. The topological polar surface area (TPSA) is 89.1 Å². The maximum atomic E-state index is 14.0. The number of benzene rings is 2. The van der Waals surface area contributed by atoms with Gasteiger partial charge in [-0.2, -0.15) is 0 Å². The molecule has 184 valence electrons.